The number of ether oxygens (including phenoxy) is 2. The Bertz CT molecular complexity index is 1020. The monoisotopic (exact) mass is 521 g/mol. The van der Waals surface area contributed by atoms with Gasteiger partial charge in [-0.15, -0.1) is 11.3 Å². The number of likely N-dealkylation sites (tertiary alicyclic amines) is 1. The summed E-state index contributed by atoms with van der Waals surface area (Å²) in [4.78, 5) is 16.0. The van der Waals surface area contributed by atoms with E-state index in [4.69, 9.17) is 9.47 Å². The van der Waals surface area contributed by atoms with Crippen LogP contribution in [0.3, 0.4) is 0 Å². The molecule has 3 fully saturated rings. The molecule has 174 valence electrons. The third-order valence-electron chi connectivity index (χ3n) is 7.80. The number of hydrogen-bond donors (Lipinski definition) is 1. The highest BCUT2D eigenvalue weighted by atomic mass is 79.9. The number of amides is 1. The van der Waals surface area contributed by atoms with E-state index in [1.807, 2.05) is 30.9 Å². The predicted molar refractivity (Wildman–Crippen MR) is 130 cm³/mol. The van der Waals surface area contributed by atoms with Crippen molar-refractivity contribution in [1.82, 2.24) is 4.90 Å². The standard InChI is InChI=1S/C25H32BrNO4S/c1-23(2,29)20-6-7-24(3,31-20)21-14-25(15-30-21)8-10-27(11-9-25)22(28)19-12-16-4-5-17(26)13-18(16)32-19/h4-5,12-13,20-21,29H,6-11,14-15H2,1-3H3/t20-,21-,24-/m1/s1. The molecule has 3 aliphatic heterocycles. The summed E-state index contributed by atoms with van der Waals surface area (Å²) >= 11 is 5.09. The van der Waals surface area contributed by atoms with Gasteiger partial charge in [0.2, 0.25) is 0 Å². The van der Waals surface area contributed by atoms with Crippen molar-refractivity contribution < 1.29 is 19.4 Å². The minimum Gasteiger partial charge on any atom is -0.388 e. The van der Waals surface area contributed by atoms with Crippen LogP contribution in [0.15, 0.2) is 28.7 Å². The summed E-state index contributed by atoms with van der Waals surface area (Å²) in [5.74, 6) is 0.145. The maximum atomic E-state index is 13.2. The van der Waals surface area contributed by atoms with E-state index < -0.39 is 5.60 Å². The lowest BCUT2D eigenvalue weighted by molar-refractivity contribution is -0.155. The van der Waals surface area contributed by atoms with Crippen LogP contribution in [-0.4, -0.2) is 59.0 Å². The minimum absolute atomic E-state index is 0.0538. The van der Waals surface area contributed by atoms with Gasteiger partial charge in [-0.3, -0.25) is 4.79 Å². The molecular weight excluding hydrogens is 490 g/mol. The fourth-order valence-corrected chi connectivity index (χ4v) is 7.16. The summed E-state index contributed by atoms with van der Waals surface area (Å²) in [6.45, 7) is 8.07. The first-order valence-corrected chi connectivity index (χ1v) is 13.2. The van der Waals surface area contributed by atoms with E-state index in [1.54, 1.807) is 11.3 Å². The third-order valence-corrected chi connectivity index (χ3v) is 9.38. The normalized spacial score (nSPS) is 30.5. The van der Waals surface area contributed by atoms with Crippen LogP contribution in [0.1, 0.15) is 62.5 Å². The molecule has 1 N–H and O–H groups in total. The van der Waals surface area contributed by atoms with E-state index in [2.05, 4.69) is 35.0 Å². The number of benzene rings is 1. The second kappa shape index (κ2) is 8.05. The minimum atomic E-state index is -0.831. The zero-order valence-electron chi connectivity index (χ0n) is 19.0. The Labute approximate surface area is 202 Å². The number of hydrogen-bond acceptors (Lipinski definition) is 5. The van der Waals surface area contributed by atoms with Crippen LogP contribution in [0.2, 0.25) is 0 Å². The number of halogens is 1. The lowest BCUT2D eigenvalue weighted by Crippen LogP contribution is -2.45. The highest BCUT2D eigenvalue weighted by Gasteiger charge is 2.53. The van der Waals surface area contributed by atoms with Crippen LogP contribution in [0.5, 0.6) is 0 Å². The van der Waals surface area contributed by atoms with Crippen molar-refractivity contribution in [3.63, 3.8) is 0 Å². The molecule has 0 saturated carbocycles. The fraction of sp³-hybridized carbons (Fsp3) is 0.640. The molecule has 2 aromatic rings. The van der Waals surface area contributed by atoms with Gasteiger partial charge >= 0.3 is 0 Å². The summed E-state index contributed by atoms with van der Waals surface area (Å²) in [7, 11) is 0. The Morgan fingerprint density at radius 2 is 2.00 bits per heavy atom. The number of nitrogens with zero attached hydrogens (tertiary/aromatic N) is 1. The van der Waals surface area contributed by atoms with Gasteiger partial charge in [0.05, 0.1) is 34.9 Å². The molecule has 3 aliphatic rings. The predicted octanol–water partition coefficient (Wildman–Crippen LogP) is 5.38. The van der Waals surface area contributed by atoms with E-state index in [-0.39, 0.29) is 29.1 Å². The van der Waals surface area contributed by atoms with Crippen molar-refractivity contribution in [2.45, 2.75) is 76.3 Å². The molecule has 3 saturated heterocycles. The lowest BCUT2D eigenvalue weighted by Gasteiger charge is -2.39. The number of carbonyl (C=O) groups excluding carboxylic acids is 1. The molecule has 0 unspecified atom stereocenters. The Kier molecular flexibility index (Phi) is 5.73. The molecule has 5 rings (SSSR count). The van der Waals surface area contributed by atoms with E-state index in [0.717, 1.165) is 71.2 Å². The molecule has 32 heavy (non-hydrogen) atoms. The summed E-state index contributed by atoms with van der Waals surface area (Å²) in [6.07, 6.45) is 4.59. The third kappa shape index (κ3) is 4.16. The maximum absolute atomic E-state index is 13.2. The smallest absolute Gasteiger partial charge is 0.263 e. The molecule has 3 atom stereocenters. The molecule has 5 nitrogen and oxygen atoms in total. The number of carbonyl (C=O) groups is 1. The first-order valence-electron chi connectivity index (χ1n) is 11.6. The highest BCUT2D eigenvalue weighted by molar-refractivity contribution is 9.10. The zero-order chi connectivity index (χ0) is 22.7. The topological polar surface area (TPSA) is 59.0 Å². The van der Waals surface area contributed by atoms with Gasteiger partial charge in [0.25, 0.3) is 5.91 Å². The SMILES string of the molecule is CC(C)(O)[C@H]1CC[C@](C)([C@H]2CC3(CCN(C(=O)c4cc5ccc(Br)cc5s4)CC3)CO2)O1. The number of thiophene rings is 1. The second-order valence-electron chi connectivity index (χ2n) is 10.7. The van der Waals surface area contributed by atoms with Crippen LogP contribution in [0.25, 0.3) is 10.1 Å². The van der Waals surface area contributed by atoms with Crippen molar-refractivity contribution in [2.24, 2.45) is 5.41 Å². The van der Waals surface area contributed by atoms with Gasteiger partial charge in [0.1, 0.15) is 0 Å². The molecule has 0 aliphatic carbocycles. The average molecular weight is 523 g/mol. The van der Waals surface area contributed by atoms with Crippen LogP contribution < -0.4 is 0 Å². The fourth-order valence-electron chi connectivity index (χ4n) is 5.57. The molecule has 0 radical (unpaired) electrons. The van der Waals surface area contributed by atoms with E-state index in [0.29, 0.717) is 0 Å². The number of piperidine rings is 1. The van der Waals surface area contributed by atoms with Gasteiger partial charge in [-0.25, -0.2) is 0 Å². The molecular formula is C25H32BrNO4S. The van der Waals surface area contributed by atoms with Gasteiger partial charge in [-0.1, -0.05) is 22.0 Å². The molecule has 1 amide bonds. The van der Waals surface area contributed by atoms with Gasteiger partial charge < -0.3 is 19.5 Å². The number of aliphatic hydroxyl groups is 1. The number of fused-ring (bicyclic) bond motifs is 1. The Morgan fingerprint density at radius 3 is 2.69 bits per heavy atom. The molecule has 4 heterocycles. The lowest BCUT2D eigenvalue weighted by atomic mass is 9.74. The van der Waals surface area contributed by atoms with Gasteiger partial charge in [-0.05, 0) is 81.9 Å². The Balaban J connectivity index is 1.21. The van der Waals surface area contributed by atoms with E-state index in [9.17, 15) is 9.90 Å². The highest BCUT2D eigenvalue weighted by Crippen LogP contribution is 2.49. The van der Waals surface area contributed by atoms with E-state index >= 15 is 0 Å². The van der Waals surface area contributed by atoms with Crippen LogP contribution in [0, 0.1) is 5.41 Å². The largest absolute Gasteiger partial charge is 0.388 e. The van der Waals surface area contributed by atoms with Crippen molar-refractivity contribution in [3.8, 4) is 0 Å². The van der Waals surface area contributed by atoms with Crippen molar-refractivity contribution in [1.29, 1.82) is 0 Å². The number of rotatable bonds is 3. The van der Waals surface area contributed by atoms with Crippen LogP contribution >= 0.6 is 27.3 Å². The second-order valence-corrected chi connectivity index (χ2v) is 12.7. The Hall–Kier alpha value is -0.990. The van der Waals surface area contributed by atoms with Crippen molar-refractivity contribution >= 4 is 43.3 Å². The van der Waals surface area contributed by atoms with E-state index in [1.165, 1.54) is 0 Å². The summed E-state index contributed by atoms with van der Waals surface area (Å²) in [6, 6.07) is 8.17. The molecule has 1 spiro atoms. The van der Waals surface area contributed by atoms with Gasteiger partial charge in [0, 0.05) is 22.3 Å². The molecule has 0 bridgehead atoms. The first-order chi connectivity index (χ1) is 15.1. The summed E-state index contributed by atoms with van der Waals surface area (Å²) in [5.41, 5.74) is -1.04. The molecule has 1 aromatic heterocycles. The molecule has 1 aromatic carbocycles. The quantitative estimate of drug-likeness (QED) is 0.588. The van der Waals surface area contributed by atoms with Gasteiger partial charge in [-0.2, -0.15) is 0 Å². The van der Waals surface area contributed by atoms with Crippen molar-refractivity contribution in [2.75, 3.05) is 19.7 Å². The summed E-state index contributed by atoms with van der Waals surface area (Å²) in [5, 5.41) is 11.5. The zero-order valence-corrected chi connectivity index (χ0v) is 21.4. The van der Waals surface area contributed by atoms with Crippen LogP contribution in [-0.2, 0) is 9.47 Å². The Morgan fingerprint density at radius 1 is 1.25 bits per heavy atom. The van der Waals surface area contributed by atoms with Crippen LogP contribution in [0.4, 0.5) is 0 Å². The average Bonchev–Trinajstić information content (AvgIpc) is 3.45. The van der Waals surface area contributed by atoms with Crippen molar-refractivity contribution in [3.05, 3.63) is 33.6 Å². The molecule has 7 heteroatoms. The maximum Gasteiger partial charge on any atom is 0.263 e. The first kappa shape index (κ1) is 22.8. The summed E-state index contributed by atoms with van der Waals surface area (Å²) < 4.78 is 14.8. The van der Waals surface area contributed by atoms with Gasteiger partial charge in [0.15, 0.2) is 0 Å².